The highest BCUT2D eigenvalue weighted by Crippen LogP contribution is 2.29. The number of nitrogens with one attached hydrogen (secondary N) is 1. The van der Waals surface area contributed by atoms with Crippen LogP contribution in [-0.4, -0.2) is 5.54 Å². The summed E-state index contributed by atoms with van der Waals surface area (Å²) < 4.78 is 6.06. The first-order chi connectivity index (χ1) is 9.85. The summed E-state index contributed by atoms with van der Waals surface area (Å²) in [5.74, 6) is 1.71. The van der Waals surface area contributed by atoms with Crippen LogP contribution in [0.2, 0.25) is 5.02 Å². The molecule has 0 saturated carbocycles. The van der Waals surface area contributed by atoms with E-state index in [1.54, 1.807) is 0 Å². The van der Waals surface area contributed by atoms with Gasteiger partial charge in [-0.2, -0.15) is 0 Å². The second-order valence-corrected chi connectivity index (χ2v) is 6.66. The molecule has 2 nitrogen and oxygen atoms in total. The van der Waals surface area contributed by atoms with Crippen LogP contribution in [0, 0.1) is 6.92 Å². The smallest absolute Gasteiger partial charge is 0.131 e. The largest absolute Gasteiger partial charge is 0.457 e. The van der Waals surface area contributed by atoms with Crippen LogP contribution in [0.3, 0.4) is 0 Å². The predicted molar refractivity (Wildman–Crippen MR) is 89.3 cm³/mol. The summed E-state index contributed by atoms with van der Waals surface area (Å²) in [7, 11) is 0. The number of ether oxygens (including phenoxy) is 1. The van der Waals surface area contributed by atoms with Gasteiger partial charge in [-0.15, -0.1) is 0 Å². The topological polar surface area (TPSA) is 21.3 Å². The minimum Gasteiger partial charge on any atom is -0.457 e. The van der Waals surface area contributed by atoms with Gasteiger partial charge in [0, 0.05) is 22.7 Å². The van der Waals surface area contributed by atoms with E-state index in [1.165, 1.54) is 0 Å². The Kier molecular flexibility index (Phi) is 4.92. The summed E-state index contributed by atoms with van der Waals surface area (Å²) in [6, 6.07) is 13.8. The Balaban J connectivity index is 2.20. The molecule has 2 aromatic carbocycles. The van der Waals surface area contributed by atoms with Crippen molar-refractivity contribution in [2.45, 2.75) is 39.8 Å². The zero-order valence-corrected chi connectivity index (χ0v) is 13.8. The van der Waals surface area contributed by atoms with Gasteiger partial charge in [0.1, 0.15) is 11.5 Å². The molecule has 2 rings (SSSR count). The van der Waals surface area contributed by atoms with Gasteiger partial charge < -0.3 is 10.1 Å². The van der Waals surface area contributed by atoms with Crippen LogP contribution in [0.15, 0.2) is 42.5 Å². The number of benzene rings is 2. The molecule has 0 aromatic heterocycles. The lowest BCUT2D eigenvalue weighted by molar-refractivity contribution is 0.414. The normalized spacial score (nSPS) is 11.5. The third-order valence-corrected chi connectivity index (χ3v) is 3.37. The zero-order valence-electron chi connectivity index (χ0n) is 13.0. The third kappa shape index (κ3) is 4.76. The van der Waals surface area contributed by atoms with Gasteiger partial charge in [-0.3, -0.25) is 0 Å². The first-order valence-electron chi connectivity index (χ1n) is 7.12. The SMILES string of the molecule is Cc1cc(Cl)ccc1Oc1ccccc1CNC(C)(C)C. The van der Waals surface area contributed by atoms with Gasteiger partial charge in [0.05, 0.1) is 0 Å². The summed E-state index contributed by atoms with van der Waals surface area (Å²) in [5.41, 5.74) is 2.24. The second kappa shape index (κ2) is 6.50. The van der Waals surface area contributed by atoms with E-state index in [4.69, 9.17) is 16.3 Å². The van der Waals surface area contributed by atoms with E-state index in [2.05, 4.69) is 32.2 Å². The molecule has 0 saturated heterocycles. The Morgan fingerprint density at radius 3 is 2.43 bits per heavy atom. The maximum Gasteiger partial charge on any atom is 0.131 e. The molecule has 21 heavy (non-hydrogen) atoms. The first kappa shape index (κ1) is 15.9. The van der Waals surface area contributed by atoms with Gasteiger partial charge in [0.25, 0.3) is 0 Å². The van der Waals surface area contributed by atoms with Crippen molar-refractivity contribution in [3.05, 3.63) is 58.6 Å². The summed E-state index contributed by atoms with van der Waals surface area (Å²) in [5, 5.41) is 4.21. The highest BCUT2D eigenvalue weighted by molar-refractivity contribution is 6.30. The monoisotopic (exact) mass is 303 g/mol. The lowest BCUT2D eigenvalue weighted by Crippen LogP contribution is -2.35. The Morgan fingerprint density at radius 2 is 1.76 bits per heavy atom. The number of aryl methyl sites for hydroxylation is 1. The van der Waals surface area contributed by atoms with E-state index in [1.807, 2.05) is 43.3 Å². The van der Waals surface area contributed by atoms with Crippen LogP contribution < -0.4 is 10.1 Å². The van der Waals surface area contributed by atoms with Crippen LogP contribution >= 0.6 is 11.6 Å². The highest BCUT2D eigenvalue weighted by Gasteiger charge is 2.11. The molecule has 0 aliphatic heterocycles. The molecule has 3 heteroatoms. The van der Waals surface area contributed by atoms with Crippen molar-refractivity contribution in [2.24, 2.45) is 0 Å². The minimum absolute atomic E-state index is 0.0727. The van der Waals surface area contributed by atoms with Gasteiger partial charge in [0.15, 0.2) is 0 Å². The van der Waals surface area contributed by atoms with Crippen molar-refractivity contribution < 1.29 is 4.74 Å². The Morgan fingerprint density at radius 1 is 1.05 bits per heavy atom. The third-order valence-electron chi connectivity index (χ3n) is 3.14. The Labute approximate surface area is 132 Å². The highest BCUT2D eigenvalue weighted by atomic mass is 35.5. The lowest BCUT2D eigenvalue weighted by atomic mass is 10.1. The van der Waals surface area contributed by atoms with Gasteiger partial charge in [-0.1, -0.05) is 29.8 Å². The summed E-state index contributed by atoms with van der Waals surface area (Å²) in [6.45, 7) is 9.23. The van der Waals surface area contributed by atoms with Crippen LogP contribution in [0.1, 0.15) is 31.9 Å². The maximum atomic E-state index is 6.06. The molecule has 0 atom stereocenters. The Bertz CT molecular complexity index is 617. The van der Waals surface area contributed by atoms with Crippen molar-refractivity contribution in [3.63, 3.8) is 0 Å². The minimum atomic E-state index is 0.0727. The fourth-order valence-corrected chi connectivity index (χ4v) is 2.18. The molecule has 0 amide bonds. The number of para-hydroxylation sites is 1. The molecule has 0 fully saturated rings. The maximum absolute atomic E-state index is 6.06. The molecule has 2 aromatic rings. The number of rotatable bonds is 4. The Hall–Kier alpha value is -1.51. The molecule has 112 valence electrons. The van der Waals surface area contributed by atoms with Crippen LogP contribution in [0.25, 0.3) is 0 Å². The average molecular weight is 304 g/mol. The molecular weight excluding hydrogens is 282 g/mol. The molecule has 0 spiro atoms. The molecule has 0 radical (unpaired) electrons. The van der Waals surface area contributed by atoms with Crippen molar-refractivity contribution in [3.8, 4) is 11.5 Å². The molecule has 0 aliphatic carbocycles. The van der Waals surface area contributed by atoms with Crippen molar-refractivity contribution in [2.75, 3.05) is 0 Å². The second-order valence-electron chi connectivity index (χ2n) is 6.22. The van der Waals surface area contributed by atoms with Gasteiger partial charge in [-0.05, 0) is 57.5 Å². The summed E-state index contributed by atoms with van der Waals surface area (Å²) in [4.78, 5) is 0. The van der Waals surface area contributed by atoms with Crippen LogP contribution in [0.4, 0.5) is 0 Å². The van der Waals surface area contributed by atoms with E-state index >= 15 is 0 Å². The predicted octanol–water partition coefficient (Wildman–Crippen LogP) is 5.33. The summed E-state index contributed by atoms with van der Waals surface area (Å²) >= 11 is 5.99. The van der Waals surface area contributed by atoms with E-state index in [0.29, 0.717) is 0 Å². The zero-order chi connectivity index (χ0) is 15.5. The average Bonchev–Trinajstić information content (AvgIpc) is 2.40. The van der Waals surface area contributed by atoms with Gasteiger partial charge in [-0.25, -0.2) is 0 Å². The molecule has 0 bridgehead atoms. The van der Waals surface area contributed by atoms with E-state index in [9.17, 15) is 0 Å². The summed E-state index contributed by atoms with van der Waals surface area (Å²) in [6.07, 6.45) is 0. The van der Waals surface area contributed by atoms with Crippen molar-refractivity contribution >= 4 is 11.6 Å². The standard InChI is InChI=1S/C18H22ClNO/c1-13-11-15(19)9-10-16(13)21-17-8-6-5-7-14(17)12-20-18(2,3)4/h5-11,20H,12H2,1-4H3. The first-order valence-corrected chi connectivity index (χ1v) is 7.50. The molecule has 0 heterocycles. The van der Waals surface area contributed by atoms with Gasteiger partial charge >= 0.3 is 0 Å². The molecule has 0 unspecified atom stereocenters. The fraction of sp³-hybridized carbons (Fsp3) is 0.333. The van der Waals surface area contributed by atoms with E-state index in [-0.39, 0.29) is 5.54 Å². The lowest BCUT2D eigenvalue weighted by Gasteiger charge is -2.21. The van der Waals surface area contributed by atoms with Crippen molar-refractivity contribution in [1.82, 2.24) is 5.32 Å². The van der Waals surface area contributed by atoms with Gasteiger partial charge in [0.2, 0.25) is 0 Å². The van der Waals surface area contributed by atoms with E-state index in [0.717, 1.165) is 34.2 Å². The number of hydrogen-bond donors (Lipinski definition) is 1. The number of halogens is 1. The fourth-order valence-electron chi connectivity index (χ4n) is 1.96. The molecular formula is C18H22ClNO. The number of hydrogen-bond acceptors (Lipinski definition) is 2. The van der Waals surface area contributed by atoms with Crippen molar-refractivity contribution in [1.29, 1.82) is 0 Å². The quantitative estimate of drug-likeness (QED) is 0.824. The van der Waals surface area contributed by atoms with Crippen LogP contribution in [-0.2, 0) is 6.54 Å². The molecule has 1 N–H and O–H groups in total. The molecule has 0 aliphatic rings. The van der Waals surface area contributed by atoms with E-state index < -0.39 is 0 Å². The van der Waals surface area contributed by atoms with Crippen LogP contribution in [0.5, 0.6) is 11.5 Å².